The van der Waals surface area contributed by atoms with E-state index in [1.807, 2.05) is 19.1 Å². The first-order valence-electron chi connectivity index (χ1n) is 5.59. The van der Waals surface area contributed by atoms with Crippen LogP contribution in [0.25, 0.3) is 5.57 Å². The first kappa shape index (κ1) is 11.5. The van der Waals surface area contributed by atoms with Crippen molar-refractivity contribution < 1.29 is 4.74 Å². The Morgan fingerprint density at radius 2 is 2.18 bits per heavy atom. The van der Waals surface area contributed by atoms with Crippen molar-refractivity contribution in [1.29, 1.82) is 0 Å². The van der Waals surface area contributed by atoms with Crippen LogP contribution in [0.4, 0.5) is 0 Å². The zero-order valence-corrected chi connectivity index (χ0v) is 9.94. The summed E-state index contributed by atoms with van der Waals surface area (Å²) in [5.74, 6) is 0.853. The number of hydrogen-bond acceptors (Lipinski definition) is 3. The van der Waals surface area contributed by atoms with Crippen LogP contribution in [0.5, 0.6) is 0 Å². The van der Waals surface area contributed by atoms with Crippen LogP contribution >= 0.6 is 0 Å². The molecule has 0 aromatic carbocycles. The molecule has 88 valence electrons. The molecule has 1 fully saturated rings. The van der Waals surface area contributed by atoms with Crippen LogP contribution in [0.3, 0.4) is 0 Å². The quantitative estimate of drug-likeness (QED) is 0.846. The van der Waals surface area contributed by atoms with Gasteiger partial charge in [-0.15, -0.1) is 0 Å². The normalized spacial score (nSPS) is 20.8. The van der Waals surface area contributed by atoms with E-state index in [1.54, 1.807) is 18.5 Å². The number of rotatable bonds is 2. The molecule has 1 aliphatic rings. The van der Waals surface area contributed by atoms with Gasteiger partial charge in [0.2, 0.25) is 0 Å². The van der Waals surface area contributed by atoms with Crippen LogP contribution in [-0.2, 0) is 4.74 Å². The molecule has 0 spiro atoms. The van der Waals surface area contributed by atoms with Gasteiger partial charge in [-0.1, -0.05) is 12.7 Å². The van der Waals surface area contributed by atoms with Gasteiger partial charge in [-0.25, -0.2) is 0 Å². The summed E-state index contributed by atoms with van der Waals surface area (Å²) < 4.78 is 5.68. The second-order valence-electron chi connectivity index (χ2n) is 3.94. The molecule has 1 aromatic rings. The van der Waals surface area contributed by atoms with Crippen LogP contribution in [0, 0.1) is 0 Å². The maximum absolute atomic E-state index is 5.88. The van der Waals surface area contributed by atoms with E-state index in [1.165, 1.54) is 0 Å². The van der Waals surface area contributed by atoms with E-state index in [0.29, 0.717) is 6.61 Å². The summed E-state index contributed by atoms with van der Waals surface area (Å²) in [5.41, 5.74) is 9.79. The van der Waals surface area contributed by atoms with E-state index in [4.69, 9.17) is 10.5 Å². The minimum Gasteiger partial charge on any atom is -0.492 e. The van der Waals surface area contributed by atoms with Crippen LogP contribution in [0.2, 0.25) is 0 Å². The van der Waals surface area contributed by atoms with Crippen LogP contribution in [0.15, 0.2) is 54.2 Å². The van der Waals surface area contributed by atoms with E-state index in [-0.39, 0.29) is 0 Å². The largest absolute Gasteiger partial charge is 0.492 e. The van der Waals surface area contributed by atoms with E-state index in [9.17, 15) is 0 Å². The number of allylic oxidation sites excluding steroid dienone is 4. The Kier molecular flexibility index (Phi) is 3.28. The number of ether oxygens (including phenoxy) is 1. The molecule has 17 heavy (non-hydrogen) atoms. The monoisotopic (exact) mass is 228 g/mol. The molecule has 2 rings (SSSR count). The first-order valence-corrected chi connectivity index (χ1v) is 5.59. The van der Waals surface area contributed by atoms with Gasteiger partial charge in [0.25, 0.3) is 0 Å². The summed E-state index contributed by atoms with van der Waals surface area (Å²) in [5, 5.41) is 0. The molecule has 0 bridgehead atoms. The molecule has 1 aromatic heterocycles. The first-order chi connectivity index (χ1) is 8.24. The van der Waals surface area contributed by atoms with E-state index in [2.05, 4.69) is 11.6 Å². The van der Waals surface area contributed by atoms with Crippen molar-refractivity contribution in [3.05, 3.63) is 59.8 Å². The number of nitrogens with two attached hydrogens (primary N) is 1. The molecule has 0 amide bonds. The number of aromatic nitrogens is 1. The van der Waals surface area contributed by atoms with Gasteiger partial charge in [-0.2, -0.15) is 0 Å². The summed E-state index contributed by atoms with van der Waals surface area (Å²) in [4.78, 5) is 4.01. The van der Waals surface area contributed by atoms with Gasteiger partial charge in [0.1, 0.15) is 5.76 Å². The molecule has 1 aliphatic heterocycles. The lowest BCUT2D eigenvalue weighted by Gasteiger charge is -2.09. The SMILES string of the molecule is C=C/C(=C1/OCC/C1=C(/C)N)c1ccncc1. The highest BCUT2D eigenvalue weighted by molar-refractivity contribution is 5.78. The fourth-order valence-corrected chi connectivity index (χ4v) is 1.95. The van der Waals surface area contributed by atoms with Gasteiger partial charge in [0.05, 0.1) is 6.61 Å². The third-order valence-electron chi connectivity index (χ3n) is 2.79. The minimum atomic E-state index is 0.682. The maximum atomic E-state index is 5.88. The number of nitrogens with zero attached hydrogens (tertiary/aromatic N) is 1. The highest BCUT2D eigenvalue weighted by atomic mass is 16.5. The van der Waals surface area contributed by atoms with Crippen molar-refractivity contribution in [2.45, 2.75) is 13.3 Å². The van der Waals surface area contributed by atoms with Crippen molar-refractivity contribution in [3.8, 4) is 0 Å². The summed E-state index contributed by atoms with van der Waals surface area (Å²) in [6.07, 6.45) is 6.18. The Labute approximate surface area is 101 Å². The molecule has 0 atom stereocenters. The van der Waals surface area contributed by atoms with Gasteiger partial charge in [0, 0.05) is 35.7 Å². The Morgan fingerprint density at radius 3 is 2.76 bits per heavy atom. The number of pyridine rings is 1. The van der Waals surface area contributed by atoms with E-state index >= 15 is 0 Å². The molecular formula is C14H16N2O. The lowest BCUT2D eigenvalue weighted by Crippen LogP contribution is -1.99. The average Bonchev–Trinajstić information content (AvgIpc) is 2.81. The Bertz CT molecular complexity index is 482. The molecule has 0 radical (unpaired) electrons. The summed E-state index contributed by atoms with van der Waals surface area (Å²) >= 11 is 0. The van der Waals surface area contributed by atoms with Crippen LogP contribution in [-0.4, -0.2) is 11.6 Å². The maximum Gasteiger partial charge on any atom is 0.132 e. The average molecular weight is 228 g/mol. The Hall–Kier alpha value is -2.03. The Balaban J connectivity index is 2.55. The standard InChI is InChI=1S/C14H16N2O/c1-3-12(11-4-7-16-8-5-11)14-13(10(2)15)6-9-17-14/h3-5,7-8H,1,6,9,15H2,2H3/b13-10+,14-12-. The summed E-state index contributed by atoms with van der Waals surface area (Å²) in [7, 11) is 0. The highest BCUT2D eigenvalue weighted by Gasteiger charge is 2.20. The molecule has 0 saturated carbocycles. The van der Waals surface area contributed by atoms with E-state index in [0.717, 1.165) is 34.6 Å². The van der Waals surface area contributed by atoms with Crippen LogP contribution < -0.4 is 5.73 Å². The predicted molar refractivity (Wildman–Crippen MR) is 68.8 cm³/mol. The van der Waals surface area contributed by atoms with Crippen molar-refractivity contribution in [2.24, 2.45) is 5.73 Å². The molecule has 1 saturated heterocycles. The van der Waals surface area contributed by atoms with Gasteiger partial charge < -0.3 is 10.5 Å². The van der Waals surface area contributed by atoms with Gasteiger partial charge in [-0.05, 0) is 24.6 Å². The molecule has 3 heteroatoms. The van der Waals surface area contributed by atoms with Gasteiger partial charge in [0.15, 0.2) is 0 Å². The molecule has 0 unspecified atom stereocenters. The number of hydrogen-bond donors (Lipinski definition) is 1. The second-order valence-corrected chi connectivity index (χ2v) is 3.94. The molecule has 2 N–H and O–H groups in total. The van der Waals surface area contributed by atoms with Crippen molar-refractivity contribution in [2.75, 3.05) is 6.61 Å². The lowest BCUT2D eigenvalue weighted by atomic mass is 10.0. The predicted octanol–water partition coefficient (Wildman–Crippen LogP) is 2.63. The van der Waals surface area contributed by atoms with Crippen molar-refractivity contribution in [1.82, 2.24) is 4.98 Å². The Morgan fingerprint density at radius 1 is 1.47 bits per heavy atom. The molecular weight excluding hydrogens is 212 g/mol. The smallest absolute Gasteiger partial charge is 0.132 e. The molecule has 0 aliphatic carbocycles. The van der Waals surface area contributed by atoms with E-state index < -0.39 is 0 Å². The molecule has 3 nitrogen and oxygen atoms in total. The third-order valence-corrected chi connectivity index (χ3v) is 2.79. The minimum absolute atomic E-state index is 0.682. The fraction of sp³-hybridized carbons (Fsp3) is 0.214. The van der Waals surface area contributed by atoms with Gasteiger partial charge >= 0.3 is 0 Å². The lowest BCUT2D eigenvalue weighted by molar-refractivity contribution is 0.267. The highest BCUT2D eigenvalue weighted by Crippen LogP contribution is 2.32. The zero-order valence-electron chi connectivity index (χ0n) is 9.94. The van der Waals surface area contributed by atoms with Crippen molar-refractivity contribution in [3.63, 3.8) is 0 Å². The summed E-state index contributed by atoms with van der Waals surface area (Å²) in [6, 6.07) is 3.88. The second kappa shape index (κ2) is 4.87. The molecule has 2 heterocycles. The van der Waals surface area contributed by atoms with Crippen LogP contribution in [0.1, 0.15) is 18.9 Å². The van der Waals surface area contributed by atoms with Gasteiger partial charge in [-0.3, -0.25) is 4.98 Å². The van der Waals surface area contributed by atoms with Crippen molar-refractivity contribution >= 4 is 5.57 Å². The summed E-state index contributed by atoms with van der Waals surface area (Å²) in [6.45, 7) is 6.44. The fourth-order valence-electron chi connectivity index (χ4n) is 1.95. The zero-order chi connectivity index (χ0) is 12.3. The topological polar surface area (TPSA) is 48.1 Å². The third kappa shape index (κ3) is 2.23.